The molecule has 1 aliphatic rings. The number of benzene rings is 1. The van der Waals surface area contributed by atoms with Crippen molar-refractivity contribution in [3.63, 3.8) is 0 Å². The maximum atomic E-state index is 11.8. The van der Waals surface area contributed by atoms with E-state index in [1.165, 1.54) is 6.26 Å². The van der Waals surface area contributed by atoms with E-state index in [2.05, 4.69) is 20.9 Å². The number of aliphatic carboxylic acids is 1. The average molecular weight is 372 g/mol. The van der Waals surface area contributed by atoms with Crippen LogP contribution >= 0.6 is 15.9 Å². The molecule has 5 nitrogen and oxygen atoms in total. The molecule has 1 aliphatic carbocycles. The zero-order valence-electron chi connectivity index (χ0n) is 11.3. The third kappa shape index (κ3) is 2.48. The van der Waals surface area contributed by atoms with Gasteiger partial charge in [-0.3, -0.25) is 4.79 Å². The lowest BCUT2D eigenvalue weighted by Crippen LogP contribution is -2.03. The van der Waals surface area contributed by atoms with Crippen molar-refractivity contribution in [2.75, 3.05) is 6.26 Å². The third-order valence-electron chi connectivity index (χ3n) is 3.97. The summed E-state index contributed by atoms with van der Waals surface area (Å²) in [6.45, 7) is 0. The Hall–Kier alpha value is -1.34. The Bertz CT molecular complexity index is 853. The predicted molar refractivity (Wildman–Crippen MR) is 82.4 cm³/mol. The second-order valence-electron chi connectivity index (χ2n) is 5.45. The molecule has 1 heterocycles. The number of carboxylic acid groups (broad SMARTS) is 1. The maximum Gasteiger partial charge on any atom is 0.304 e. The summed E-state index contributed by atoms with van der Waals surface area (Å²) in [7, 11) is -3.28. The summed E-state index contributed by atoms with van der Waals surface area (Å²) < 4.78 is 24.2. The summed E-state index contributed by atoms with van der Waals surface area (Å²) in [6, 6.07) is 3.25. The summed E-state index contributed by atoms with van der Waals surface area (Å²) in [5, 5.41) is 9.85. The number of rotatable bonds is 3. The van der Waals surface area contributed by atoms with Crippen LogP contribution in [0.4, 0.5) is 0 Å². The van der Waals surface area contributed by atoms with Crippen LogP contribution in [0.25, 0.3) is 10.9 Å². The van der Waals surface area contributed by atoms with E-state index in [9.17, 15) is 13.2 Å². The van der Waals surface area contributed by atoms with Gasteiger partial charge in [-0.1, -0.05) is 0 Å². The van der Waals surface area contributed by atoms with Crippen LogP contribution in [0.15, 0.2) is 21.5 Å². The summed E-state index contributed by atoms with van der Waals surface area (Å²) in [5.74, 6) is -0.846. The lowest BCUT2D eigenvalue weighted by atomic mass is 10.0. The van der Waals surface area contributed by atoms with Gasteiger partial charge in [0.2, 0.25) is 0 Å². The van der Waals surface area contributed by atoms with Gasteiger partial charge in [-0.15, -0.1) is 0 Å². The lowest BCUT2D eigenvalue weighted by Gasteiger charge is -2.06. The van der Waals surface area contributed by atoms with Gasteiger partial charge in [0.15, 0.2) is 9.84 Å². The lowest BCUT2D eigenvalue weighted by molar-refractivity contribution is -0.137. The van der Waals surface area contributed by atoms with Gasteiger partial charge >= 0.3 is 5.97 Å². The molecule has 0 amide bonds. The minimum atomic E-state index is -3.28. The molecule has 1 atom stereocenters. The normalized spacial score (nSPS) is 18.1. The number of hydrogen-bond acceptors (Lipinski definition) is 3. The van der Waals surface area contributed by atoms with E-state index < -0.39 is 15.8 Å². The maximum absolute atomic E-state index is 11.8. The van der Waals surface area contributed by atoms with Gasteiger partial charge in [0.25, 0.3) is 0 Å². The molecule has 3 rings (SSSR count). The Balaban J connectivity index is 2.20. The van der Waals surface area contributed by atoms with E-state index in [4.69, 9.17) is 5.11 Å². The van der Waals surface area contributed by atoms with E-state index in [-0.39, 0.29) is 17.2 Å². The molecule has 2 aromatic rings. The second-order valence-corrected chi connectivity index (χ2v) is 8.32. The smallest absolute Gasteiger partial charge is 0.304 e. The van der Waals surface area contributed by atoms with Gasteiger partial charge in [0.05, 0.1) is 16.8 Å². The first-order valence-electron chi connectivity index (χ1n) is 6.53. The van der Waals surface area contributed by atoms with Gasteiger partial charge in [-0.05, 0) is 46.5 Å². The summed E-state index contributed by atoms with van der Waals surface area (Å²) in [4.78, 5) is 14.5. The van der Waals surface area contributed by atoms with Crippen LogP contribution in [-0.4, -0.2) is 30.7 Å². The first kappa shape index (κ1) is 14.6. The van der Waals surface area contributed by atoms with Gasteiger partial charge in [-0.25, -0.2) is 8.42 Å². The van der Waals surface area contributed by atoms with Gasteiger partial charge in [0, 0.05) is 27.7 Å². The van der Waals surface area contributed by atoms with Crippen LogP contribution in [0, 0.1) is 0 Å². The predicted octanol–water partition coefficient (Wildman–Crippen LogP) is 2.84. The molecule has 1 aromatic heterocycles. The largest absolute Gasteiger partial charge is 0.481 e. The SMILES string of the molecule is CS(=O)(=O)c1cc(Br)c2[nH]c3c(c2c1)CCC3CC(=O)O. The summed E-state index contributed by atoms with van der Waals surface area (Å²) in [5.41, 5.74) is 2.81. The standard InChI is InChI=1S/C14H14BrNO4S/c1-21(19,20)8-5-10-9-3-2-7(4-12(17)18)13(9)16-14(10)11(15)6-8/h5-7,16H,2-4H2,1H3,(H,17,18). The molecule has 0 aliphatic heterocycles. The van der Waals surface area contributed by atoms with Gasteiger partial charge < -0.3 is 10.1 Å². The fourth-order valence-corrected chi connectivity index (χ4v) is 4.39. The molecule has 0 saturated heterocycles. The number of hydrogen-bond donors (Lipinski definition) is 2. The number of aromatic nitrogens is 1. The Labute approximate surface area is 130 Å². The quantitative estimate of drug-likeness (QED) is 0.868. The second kappa shape index (κ2) is 4.84. The first-order valence-corrected chi connectivity index (χ1v) is 9.21. The number of sulfone groups is 1. The van der Waals surface area contributed by atoms with E-state index in [1.807, 2.05) is 0 Å². The number of carboxylic acids is 1. The van der Waals surface area contributed by atoms with Crippen molar-refractivity contribution in [1.29, 1.82) is 0 Å². The molecule has 0 radical (unpaired) electrons. The number of aryl methyl sites for hydroxylation is 1. The highest BCUT2D eigenvalue weighted by Gasteiger charge is 2.29. The molecule has 1 aromatic carbocycles. The molecule has 1 unspecified atom stereocenters. The Morgan fingerprint density at radius 1 is 1.48 bits per heavy atom. The van der Waals surface area contributed by atoms with Crippen LogP contribution in [0.5, 0.6) is 0 Å². The molecule has 0 bridgehead atoms. The minimum Gasteiger partial charge on any atom is -0.481 e. The van der Waals surface area contributed by atoms with Crippen molar-refractivity contribution in [2.45, 2.75) is 30.1 Å². The average Bonchev–Trinajstić information content (AvgIpc) is 2.89. The van der Waals surface area contributed by atoms with E-state index in [1.54, 1.807) is 12.1 Å². The summed E-state index contributed by atoms with van der Waals surface area (Å²) >= 11 is 3.40. The highest BCUT2D eigenvalue weighted by molar-refractivity contribution is 9.10. The molecule has 0 saturated carbocycles. The minimum absolute atomic E-state index is 0.0292. The van der Waals surface area contributed by atoms with Crippen LogP contribution in [0.2, 0.25) is 0 Å². The van der Waals surface area contributed by atoms with Crippen molar-refractivity contribution in [3.8, 4) is 0 Å². The first-order chi connectivity index (χ1) is 9.77. The van der Waals surface area contributed by atoms with E-state index >= 15 is 0 Å². The zero-order valence-corrected chi connectivity index (χ0v) is 13.7. The number of carbonyl (C=O) groups is 1. The van der Waals surface area contributed by atoms with Crippen LogP contribution in [-0.2, 0) is 21.1 Å². The zero-order chi connectivity index (χ0) is 15.4. The molecule has 0 fully saturated rings. The van der Waals surface area contributed by atoms with E-state index in [0.717, 1.165) is 35.0 Å². The highest BCUT2D eigenvalue weighted by Crippen LogP contribution is 2.41. The molecule has 0 spiro atoms. The van der Waals surface area contributed by atoms with Gasteiger partial charge in [0.1, 0.15) is 0 Å². The number of fused-ring (bicyclic) bond motifs is 3. The molecule has 21 heavy (non-hydrogen) atoms. The Morgan fingerprint density at radius 3 is 2.81 bits per heavy atom. The third-order valence-corrected chi connectivity index (χ3v) is 5.69. The number of H-pyrrole nitrogens is 1. The molecule has 7 heteroatoms. The number of halogens is 1. The van der Waals surface area contributed by atoms with Crippen molar-refractivity contribution < 1.29 is 18.3 Å². The van der Waals surface area contributed by atoms with Gasteiger partial charge in [-0.2, -0.15) is 0 Å². The molecule has 2 N–H and O–H groups in total. The number of aromatic amines is 1. The fourth-order valence-electron chi connectivity index (χ4n) is 3.01. The van der Waals surface area contributed by atoms with Crippen LogP contribution in [0.3, 0.4) is 0 Å². The van der Waals surface area contributed by atoms with Crippen molar-refractivity contribution >= 4 is 42.6 Å². The molecular weight excluding hydrogens is 358 g/mol. The monoisotopic (exact) mass is 371 g/mol. The Kier molecular flexibility index (Phi) is 3.37. The molecule has 112 valence electrons. The number of nitrogens with one attached hydrogen (secondary N) is 1. The topological polar surface area (TPSA) is 87.2 Å². The van der Waals surface area contributed by atoms with E-state index in [0.29, 0.717) is 4.47 Å². The molecular formula is C14H14BrNO4S. The fraction of sp³-hybridized carbons (Fsp3) is 0.357. The van der Waals surface area contributed by atoms with Crippen LogP contribution in [0.1, 0.15) is 30.0 Å². The van der Waals surface area contributed by atoms with Crippen molar-refractivity contribution in [3.05, 3.63) is 27.9 Å². The van der Waals surface area contributed by atoms with Crippen molar-refractivity contribution in [2.24, 2.45) is 0 Å². The summed E-state index contributed by atoms with van der Waals surface area (Å²) in [6.07, 6.45) is 2.83. The van der Waals surface area contributed by atoms with Crippen molar-refractivity contribution in [1.82, 2.24) is 4.98 Å². The van der Waals surface area contributed by atoms with Crippen LogP contribution < -0.4 is 0 Å². The Morgan fingerprint density at radius 2 is 2.19 bits per heavy atom. The highest BCUT2D eigenvalue weighted by atomic mass is 79.9.